The Morgan fingerprint density at radius 2 is 2.50 bits per heavy atom. The molecule has 0 radical (unpaired) electrons. The average Bonchev–Trinajstić information content (AvgIpc) is 2.26. The minimum atomic E-state index is -0.838. The molecule has 0 aliphatic rings. The molecule has 0 aromatic carbocycles. The molecule has 0 saturated carbocycles. The van der Waals surface area contributed by atoms with E-state index in [9.17, 15) is 4.79 Å². The molecule has 0 amide bonds. The van der Waals surface area contributed by atoms with Crippen LogP contribution < -0.4 is 5.32 Å². The van der Waals surface area contributed by atoms with E-state index in [1.807, 2.05) is 0 Å². The molecule has 1 rings (SSSR count). The van der Waals surface area contributed by atoms with Crippen molar-refractivity contribution in [2.75, 3.05) is 12.8 Å². The molecule has 0 bridgehead atoms. The highest BCUT2D eigenvalue weighted by Crippen LogP contribution is 2.24. The van der Waals surface area contributed by atoms with Crippen molar-refractivity contribution in [3.05, 3.63) is 23.4 Å². The molecule has 1 heterocycles. The third-order valence-electron chi connectivity index (χ3n) is 2.02. The second-order valence-corrected chi connectivity index (χ2v) is 4.60. The van der Waals surface area contributed by atoms with Crippen molar-refractivity contribution in [2.45, 2.75) is 17.5 Å². The first-order chi connectivity index (χ1) is 7.65. The Bertz CT molecular complexity index is 362. The molecule has 0 aliphatic carbocycles. The third kappa shape index (κ3) is 4.00. The van der Waals surface area contributed by atoms with Crippen molar-refractivity contribution in [1.82, 2.24) is 10.3 Å². The highest BCUT2D eigenvalue weighted by Gasteiger charge is 2.14. The number of likely N-dealkylation sites (N-methyl/N-ethyl adjacent to an activating group) is 1. The van der Waals surface area contributed by atoms with Gasteiger partial charge >= 0.3 is 5.97 Å². The Morgan fingerprint density at radius 3 is 3.06 bits per heavy atom. The molecule has 1 unspecified atom stereocenters. The molecule has 1 aromatic rings. The summed E-state index contributed by atoms with van der Waals surface area (Å²) in [6.45, 7) is 0. The van der Waals surface area contributed by atoms with Crippen LogP contribution >= 0.6 is 23.4 Å². The van der Waals surface area contributed by atoms with Crippen LogP contribution in [0.25, 0.3) is 0 Å². The Kier molecular flexibility index (Phi) is 5.59. The predicted molar refractivity (Wildman–Crippen MR) is 65.1 cm³/mol. The van der Waals surface area contributed by atoms with Crippen molar-refractivity contribution in [3.63, 3.8) is 0 Å². The lowest BCUT2D eigenvalue weighted by atomic mass is 10.2. The molecule has 0 saturated heterocycles. The maximum absolute atomic E-state index is 10.7. The highest BCUT2D eigenvalue weighted by atomic mass is 35.5. The van der Waals surface area contributed by atoms with Crippen molar-refractivity contribution in [1.29, 1.82) is 0 Å². The van der Waals surface area contributed by atoms with E-state index in [0.717, 1.165) is 5.03 Å². The summed E-state index contributed by atoms with van der Waals surface area (Å²) in [6, 6.07) is 3.01. The van der Waals surface area contributed by atoms with E-state index in [1.165, 1.54) is 11.8 Å². The number of nitrogens with zero attached hydrogens (tertiary/aromatic N) is 1. The number of hydrogen-bond acceptors (Lipinski definition) is 4. The van der Waals surface area contributed by atoms with Crippen LogP contribution in [0.2, 0.25) is 5.02 Å². The number of aliphatic carboxylic acids is 1. The molecular weight excluding hydrogens is 248 g/mol. The quantitative estimate of drug-likeness (QED) is 0.765. The van der Waals surface area contributed by atoms with Crippen LogP contribution in [0.15, 0.2) is 23.4 Å². The van der Waals surface area contributed by atoms with Crippen molar-refractivity contribution in [3.8, 4) is 0 Å². The number of thioether (sulfide) groups is 1. The number of carboxylic acids is 1. The fraction of sp³-hybridized carbons (Fsp3) is 0.400. The number of carbonyl (C=O) groups is 1. The van der Waals surface area contributed by atoms with Gasteiger partial charge in [-0.1, -0.05) is 11.6 Å². The van der Waals surface area contributed by atoms with Gasteiger partial charge in [0.05, 0.1) is 5.02 Å². The summed E-state index contributed by atoms with van der Waals surface area (Å²) in [5.41, 5.74) is 0. The van der Waals surface area contributed by atoms with Gasteiger partial charge < -0.3 is 10.4 Å². The molecule has 6 heteroatoms. The largest absolute Gasteiger partial charge is 0.480 e. The monoisotopic (exact) mass is 260 g/mol. The van der Waals surface area contributed by atoms with Gasteiger partial charge in [0, 0.05) is 11.9 Å². The third-order valence-corrected chi connectivity index (χ3v) is 3.47. The van der Waals surface area contributed by atoms with Crippen LogP contribution in [0.3, 0.4) is 0 Å². The molecular formula is C10H13ClN2O2S. The van der Waals surface area contributed by atoms with Gasteiger partial charge in [-0.3, -0.25) is 4.79 Å². The van der Waals surface area contributed by atoms with Crippen LogP contribution in [-0.2, 0) is 4.79 Å². The van der Waals surface area contributed by atoms with Crippen molar-refractivity contribution >= 4 is 29.3 Å². The lowest BCUT2D eigenvalue weighted by molar-refractivity contribution is -0.139. The van der Waals surface area contributed by atoms with Gasteiger partial charge in [-0.25, -0.2) is 4.98 Å². The fourth-order valence-corrected chi connectivity index (χ4v) is 2.32. The predicted octanol–water partition coefficient (Wildman–Crippen LogP) is 1.89. The molecule has 88 valence electrons. The number of aromatic nitrogens is 1. The van der Waals surface area contributed by atoms with Gasteiger partial charge in [0.15, 0.2) is 0 Å². The Hall–Kier alpha value is -0.780. The van der Waals surface area contributed by atoms with Crippen LogP contribution in [0.1, 0.15) is 6.42 Å². The SMILES string of the molecule is CNC(CCSc1ncccc1Cl)C(=O)O. The van der Waals surface area contributed by atoms with Crippen LogP contribution in [-0.4, -0.2) is 34.9 Å². The van der Waals surface area contributed by atoms with Crippen LogP contribution in [0.5, 0.6) is 0 Å². The van der Waals surface area contributed by atoms with E-state index in [-0.39, 0.29) is 0 Å². The lowest BCUT2D eigenvalue weighted by Crippen LogP contribution is -2.34. The van der Waals surface area contributed by atoms with E-state index in [1.54, 1.807) is 25.4 Å². The summed E-state index contributed by atoms with van der Waals surface area (Å²) in [6.07, 6.45) is 2.20. The summed E-state index contributed by atoms with van der Waals surface area (Å²) in [7, 11) is 1.64. The molecule has 2 N–H and O–H groups in total. The van der Waals surface area contributed by atoms with E-state index in [0.29, 0.717) is 17.2 Å². The Balaban J connectivity index is 2.41. The smallest absolute Gasteiger partial charge is 0.320 e. The second kappa shape index (κ2) is 6.73. The van der Waals surface area contributed by atoms with E-state index >= 15 is 0 Å². The maximum Gasteiger partial charge on any atom is 0.320 e. The van der Waals surface area contributed by atoms with Crippen LogP contribution in [0, 0.1) is 0 Å². The van der Waals surface area contributed by atoms with E-state index < -0.39 is 12.0 Å². The van der Waals surface area contributed by atoms with E-state index in [2.05, 4.69) is 10.3 Å². The minimum Gasteiger partial charge on any atom is -0.480 e. The lowest BCUT2D eigenvalue weighted by Gasteiger charge is -2.10. The summed E-state index contributed by atoms with van der Waals surface area (Å²) >= 11 is 7.38. The zero-order chi connectivity index (χ0) is 12.0. The normalized spacial score (nSPS) is 12.4. The zero-order valence-corrected chi connectivity index (χ0v) is 10.4. The highest BCUT2D eigenvalue weighted by molar-refractivity contribution is 7.99. The molecule has 1 aromatic heterocycles. The van der Waals surface area contributed by atoms with Crippen molar-refractivity contribution in [2.24, 2.45) is 0 Å². The summed E-state index contributed by atoms with van der Waals surface area (Å²) in [5, 5.41) is 12.9. The first kappa shape index (κ1) is 13.3. The van der Waals surface area contributed by atoms with Crippen LogP contribution in [0.4, 0.5) is 0 Å². The van der Waals surface area contributed by atoms with Gasteiger partial charge in [0.25, 0.3) is 0 Å². The molecule has 1 atom stereocenters. The molecule has 0 aliphatic heterocycles. The van der Waals surface area contributed by atoms with Gasteiger partial charge in [-0.05, 0) is 25.6 Å². The van der Waals surface area contributed by atoms with Gasteiger partial charge in [-0.15, -0.1) is 11.8 Å². The van der Waals surface area contributed by atoms with Crippen molar-refractivity contribution < 1.29 is 9.90 Å². The van der Waals surface area contributed by atoms with Gasteiger partial charge in [0.1, 0.15) is 11.1 Å². The Morgan fingerprint density at radius 1 is 1.75 bits per heavy atom. The fourth-order valence-electron chi connectivity index (χ4n) is 1.14. The zero-order valence-electron chi connectivity index (χ0n) is 8.81. The molecule has 0 fully saturated rings. The standard InChI is InChI=1S/C10H13ClN2O2S/c1-12-8(10(14)15)4-6-16-9-7(11)3-2-5-13-9/h2-3,5,8,12H,4,6H2,1H3,(H,14,15). The number of pyridine rings is 1. The number of carboxylic acid groups (broad SMARTS) is 1. The van der Waals surface area contributed by atoms with E-state index in [4.69, 9.17) is 16.7 Å². The molecule has 16 heavy (non-hydrogen) atoms. The number of halogens is 1. The van der Waals surface area contributed by atoms with Gasteiger partial charge in [-0.2, -0.15) is 0 Å². The van der Waals surface area contributed by atoms with Gasteiger partial charge in [0.2, 0.25) is 0 Å². The first-order valence-electron chi connectivity index (χ1n) is 4.78. The second-order valence-electron chi connectivity index (χ2n) is 3.11. The Labute approximate surface area is 103 Å². The number of nitrogens with one attached hydrogen (secondary N) is 1. The maximum atomic E-state index is 10.7. The minimum absolute atomic E-state index is 0.519. The summed E-state index contributed by atoms with van der Waals surface area (Å²) in [4.78, 5) is 14.8. The summed E-state index contributed by atoms with van der Waals surface area (Å²) in [5.74, 6) is -0.177. The topological polar surface area (TPSA) is 62.2 Å². The summed E-state index contributed by atoms with van der Waals surface area (Å²) < 4.78 is 0. The molecule has 4 nitrogen and oxygen atoms in total. The number of hydrogen-bond donors (Lipinski definition) is 2. The average molecular weight is 261 g/mol. The molecule has 0 spiro atoms. The number of rotatable bonds is 6. The first-order valence-corrected chi connectivity index (χ1v) is 6.15.